The van der Waals surface area contributed by atoms with Crippen molar-refractivity contribution in [1.82, 2.24) is 25.3 Å². The lowest BCUT2D eigenvalue weighted by Gasteiger charge is -2.15. The maximum atomic E-state index is 10.1. The van der Waals surface area contributed by atoms with Crippen LogP contribution in [0.25, 0.3) is 22.4 Å². The Morgan fingerprint density at radius 3 is 2.74 bits per heavy atom. The molecule has 27 heavy (non-hydrogen) atoms. The van der Waals surface area contributed by atoms with E-state index in [2.05, 4.69) is 34.5 Å². The van der Waals surface area contributed by atoms with E-state index in [0.29, 0.717) is 23.1 Å². The Labute approximate surface area is 159 Å². The minimum atomic E-state index is 0.160. The lowest BCUT2D eigenvalue weighted by Crippen LogP contribution is -2.19. The first-order chi connectivity index (χ1) is 13.1. The minimum absolute atomic E-state index is 0.160. The predicted molar refractivity (Wildman–Crippen MR) is 107 cm³/mol. The van der Waals surface area contributed by atoms with Crippen LogP contribution < -0.4 is 11.1 Å². The zero-order valence-electron chi connectivity index (χ0n) is 15.8. The maximum absolute atomic E-state index is 10.1. The fraction of sp³-hybridized carbons (Fsp3) is 0.350. The second-order valence-corrected chi connectivity index (χ2v) is 6.46. The van der Waals surface area contributed by atoms with Gasteiger partial charge in [-0.3, -0.25) is 4.68 Å². The summed E-state index contributed by atoms with van der Waals surface area (Å²) in [6.45, 7) is 6.20. The number of aromatic nitrogens is 4. The van der Waals surface area contributed by atoms with E-state index in [1.54, 1.807) is 24.4 Å². The molecule has 0 aliphatic rings. The Bertz CT molecular complexity index is 892. The van der Waals surface area contributed by atoms with Gasteiger partial charge in [0.25, 0.3) is 0 Å². The Morgan fingerprint density at radius 2 is 2.00 bits per heavy atom. The molecule has 2 aromatic heterocycles. The van der Waals surface area contributed by atoms with E-state index < -0.39 is 0 Å². The standard InChI is InChI=1S/C20H26N6O/c1-3-15(9-10-22-4-2)26-13-14(12-23-26)17-11-18(24-25-20(17)21)16-7-5-6-8-19(16)27/h5-8,11-13,15,22,27H,3-4,9-10H2,1-2H3,(H2,21,25). The summed E-state index contributed by atoms with van der Waals surface area (Å²) in [4.78, 5) is 0. The van der Waals surface area contributed by atoms with Gasteiger partial charge in [-0.25, -0.2) is 0 Å². The second-order valence-electron chi connectivity index (χ2n) is 6.46. The van der Waals surface area contributed by atoms with Crippen molar-refractivity contribution in [2.24, 2.45) is 0 Å². The van der Waals surface area contributed by atoms with Crippen LogP contribution >= 0.6 is 0 Å². The molecule has 0 spiro atoms. The molecule has 0 amide bonds. The predicted octanol–water partition coefficient (Wildman–Crippen LogP) is 3.25. The van der Waals surface area contributed by atoms with E-state index in [4.69, 9.17) is 5.73 Å². The lowest BCUT2D eigenvalue weighted by atomic mass is 10.1. The minimum Gasteiger partial charge on any atom is -0.507 e. The van der Waals surface area contributed by atoms with Crippen LogP contribution in [0.4, 0.5) is 5.82 Å². The van der Waals surface area contributed by atoms with Crippen LogP contribution in [0.15, 0.2) is 42.7 Å². The van der Waals surface area contributed by atoms with Crippen molar-refractivity contribution in [2.75, 3.05) is 18.8 Å². The summed E-state index contributed by atoms with van der Waals surface area (Å²) in [6, 6.07) is 9.22. The van der Waals surface area contributed by atoms with Gasteiger partial charge in [-0.1, -0.05) is 26.0 Å². The van der Waals surface area contributed by atoms with Gasteiger partial charge >= 0.3 is 0 Å². The van der Waals surface area contributed by atoms with Crippen LogP contribution in [-0.2, 0) is 0 Å². The Hall–Kier alpha value is -2.93. The fourth-order valence-electron chi connectivity index (χ4n) is 3.10. The molecular formula is C20H26N6O. The van der Waals surface area contributed by atoms with Crippen molar-refractivity contribution >= 4 is 5.82 Å². The number of nitrogens with zero attached hydrogens (tertiary/aromatic N) is 4. The highest BCUT2D eigenvalue weighted by Gasteiger charge is 2.15. The van der Waals surface area contributed by atoms with Crippen molar-refractivity contribution in [2.45, 2.75) is 32.7 Å². The van der Waals surface area contributed by atoms with Crippen molar-refractivity contribution in [3.05, 3.63) is 42.7 Å². The Morgan fingerprint density at radius 1 is 1.19 bits per heavy atom. The third-order valence-electron chi connectivity index (χ3n) is 4.66. The van der Waals surface area contributed by atoms with Crippen LogP contribution in [-0.4, -0.2) is 38.2 Å². The quantitative estimate of drug-likeness (QED) is 0.529. The van der Waals surface area contributed by atoms with Gasteiger partial charge in [0.2, 0.25) is 0 Å². The highest BCUT2D eigenvalue weighted by molar-refractivity contribution is 5.78. The molecule has 1 unspecified atom stereocenters. The van der Waals surface area contributed by atoms with Crippen molar-refractivity contribution in [3.63, 3.8) is 0 Å². The SMILES string of the molecule is CCNCCC(CC)n1cc(-c2cc(-c3ccccc3O)nnc2N)cn1. The molecule has 3 aromatic rings. The molecule has 3 rings (SSSR count). The number of benzene rings is 1. The maximum Gasteiger partial charge on any atom is 0.154 e. The first-order valence-electron chi connectivity index (χ1n) is 9.30. The molecule has 7 heteroatoms. The van der Waals surface area contributed by atoms with Crippen LogP contribution in [0.3, 0.4) is 0 Å². The third-order valence-corrected chi connectivity index (χ3v) is 4.66. The molecule has 0 saturated carbocycles. The van der Waals surface area contributed by atoms with E-state index in [-0.39, 0.29) is 5.75 Å². The number of nitrogens with one attached hydrogen (secondary N) is 1. The van der Waals surface area contributed by atoms with Crippen LogP contribution in [0.5, 0.6) is 5.75 Å². The van der Waals surface area contributed by atoms with E-state index in [1.165, 1.54) is 0 Å². The fourth-order valence-corrected chi connectivity index (χ4v) is 3.10. The lowest BCUT2D eigenvalue weighted by molar-refractivity contribution is 0.404. The number of phenolic OH excluding ortho intramolecular Hbond substituents is 1. The summed E-state index contributed by atoms with van der Waals surface area (Å²) < 4.78 is 1.99. The van der Waals surface area contributed by atoms with Gasteiger partial charge in [0.05, 0.1) is 17.9 Å². The molecule has 1 aromatic carbocycles. The largest absolute Gasteiger partial charge is 0.507 e. The van der Waals surface area contributed by atoms with Crippen molar-refractivity contribution in [1.29, 1.82) is 0 Å². The zero-order valence-corrected chi connectivity index (χ0v) is 15.8. The summed E-state index contributed by atoms with van der Waals surface area (Å²) in [6.07, 6.45) is 5.82. The Balaban J connectivity index is 1.90. The average molecular weight is 366 g/mol. The van der Waals surface area contributed by atoms with Gasteiger partial charge in [0.1, 0.15) is 5.75 Å². The van der Waals surface area contributed by atoms with Gasteiger partial charge in [0, 0.05) is 22.9 Å². The smallest absolute Gasteiger partial charge is 0.154 e. The molecule has 1 atom stereocenters. The molecule has 0 bridgehead atoms. The van der Waals surface area contributed by atoms with Crippen molar-refractivity contribution in [3.8, 4) is 28.1 Å². The van der Waals surface area contributed by atoms with Crippen LogP contribution in [0, 0.1) is 0 Å². The number of hydrogen-bond acceptors (Lipinski definition) is 6. The summed E-state index contributed by atoms with van der Waals surface area (Å²) in [5.41, 5.74) is 8.91. The number of nitrogen functional groups attached to an aromatic ring is 1. The first kappa shape index (κ1) is 18.8. The van der Waals surface area contributed by atoms with Gasteiger partial charge in [-0.15, -0.1) is 10.2 Å². The number of anilines is 1. The van der Waals surface area contributed by atoms with Gasteiger partial charge in [-0.05, 0) is 44.1 Å². The number of hydrogen-bond donors (Lipinski definition) is 3. The number of rotatable bonds is 8. The van der Waals surface area contributed by atoms with Crippen molar-refractivity contribution < 1.29 is 5.11 Å². The van der Waals surface area contributed by atoms with Crippen LogP contribution in [0.1, 0.15) is 32.7 Å². The first-order valence-corrected chi connectivity index (χ1v) is 9.30. The average Bonchev–Trinajstić information content (AvgIpc) is 3.16. The molecule has 7 nitrogen and oxygen atoms in total. The topological polar surface area (TPSA) is 102 Å². The second kappa shape index (κ2) is 8.64. The molecule has 142 valence electrons. The molecule has 2 heterocycles. The highest BCUT2D eigenvalue weighted by atomic mass is 16.3. The van der Waals surface area contributed by atoms with Gasteiger partial charge in [-0.2, -0.15) is 5.10 Å². The monoisotopic (exact) mass is 366 g/mol. The summed E-state index contributed by atoms with van der Waals surface area (Å²) in [5.74, 6) is 0.502. The molecule has 0 aliphatic carbocycles. The molecule has 0 fully saturated rings. The molecule has 0 radical (unpaired) electrons. The van der Waals surface area contributed by atoms with E-state index >= 15 is 0 Å². The number of aromatic hydroxyl groups is 1. The van der Waals surface area contributed by atoms with E-state index in [1.807, 2.05) is 23.0 Å². The number of nitrogens with two attached hydrogens (primary N) is 1. The molecule has 4 N–H and O–H groups in total. The summed E-state index contributed by atoms with van der Waals surface area (Å²) in [7, 11) is 0. The van der Waals surface area contributed by atoms with E-state index in [0.717, 1.165) is 37.1 Å². The summed E-state index contributed by atoms with van der Waals surface area (Å²) >= 11 is 0. The number of para-hydroxylation sites is 1. The summed E-state index contributed by atoms with van der Waals surface area (Å²) in [5, 5.41) is 26.2. The number of phenols is 1. The normalized spacial score (nSPS) is 12.2. The zero-order chi connectivity index (χ0) is 19.2. The third kappa shape index (κ3) is 4.25. The van der Waals surface area contributed by atoms with E-state index in [9.17, 15) is 5.11 Å². The van der Waals surface area contributed by atoms with Crippen LogP contribution in [0.2, 0.25) is 0 Å². The molecular weight excluding hydrogens is 340 g/mol. The van der Waals surface area contributed by atoms with Gasteiger partial charge < -0.3 is 16.2 Å². The molecule has 0 aliphatic heterocycles. The highest BCUT2D eigenvalue weighted by Crippen LogP contribution is 2.32. The Kier molecular flexibility index (Phi) is 6.03. The molecule has 0 saturated heterocycles. The van der Waals surface area contributed by atoms with Gasteiger partial charge in [0.15, 0.2) is 5.82 Å².